The Hall–Kier alpha value is -1.59. The predicted octanol–water partition coefficient (Wildman–Crippen LogP) is 2.17. The molecule has 0 saturated carbocycles. The first-order valence-electron chi connectivity index (χ1n) is 6.78. The summed E-state index contributed by atoms with van der Waals surface area (Å²) in [6, 6.07) is 5.86. The van der Waals surface area contributed by atoms with Gasteiger partial charge >= 0.3 is 0 Å². The topological polar surface area (TPSA) is 59.0 Å². The third-order valence-electron chi connectivity index (χ3n) is 3.59. The summed E-state index contributed by atoms with van der Waals surface area (Å²) in [5.74, 6) is 0.0550. The maximum atomic E-state index is 12.0. The van der Waals surface area contributed by atoms with Gasteiger partial charge in [0.1, 0.15) is 0 Å². The van der Waals surface area contributed by atoms with E-state index in [2.05, 4.69) is 22.7 Å². The minimum Gasteiger partial charge on any atom is -0.325 e. The molecule has 1 saturated heterocycles. The summed E-state index contributed by atoms with van der Waals surface area (Å²) in [6.07, 6.45) is 3.84. The van der Waals surface area contributed by atoms with Crippen molar-refractivity contribution >= 4 is 34.9 Å². The average molecular weight is 295 g/mol. The molecule has 20 heavy (non-hydrogen) atoms. The molecule has 0 radical (unpaired) electrons. The van der Waals surface area contributed by atoms with E-state index in [0.717, 1.165) is 42.5 Å². The van der Waals surface area contributed by atoms with E-state index in [1.807, 2.05) is 29.1 Å². The van der Waals surface area contributed by atoms with E-state index >= 15 is 0 Å². The standard InChI is InChI=1S/C14H18N4O.ClH/c1-2-18-13-8-11(6-5-10(13)9-16-18)17-14(19)12-4-3-7-15-12;/h5-6,8-9,12,15H,2-4,7H2,1H3,(H,17,19);1H. The maximum Gasteiger partial charge on any atom is 0.241 e. The van der Waals surface area contributed by atoms with Gasteiger partial charge in [0.2, 0.25) is 5.91 Å². The van der Waals surface area contributed by atoms with Crippen molar-refractivity contribution in [2.75, 3.05) is 11.9 Å². The van der Waals surface area contributed by atoms with E-state index in [-0.39, 0.29) is 24.4 Å². The van der Waals surface area contributed by atoms with Crippen LogP contribution in [0.4, 0.5) is 5.69 Å². The zero-order valence-corrected chi connectivity index (χ0v) is 12.2. The van der Waals surface area contributed by atoms with Crippen molar-refractivity contribution in [3.63, 3.8) is 0 Å². The first-order valence-corrected chi connectivity index (χ1v) is 6.78. The fraction of sp³-hybridized carbons (Fsp3) is 0.429. The molecule has 1 fully saturated rings. The van der Waals surface area contributed by atoms with Crippen molar-refractivity contribution in [2.24, 2.45) is 0 Å². The van der Waals surface area contributed by atoms with Gasteiger partial charge in [-0.15, -0.1) is 12.4 Å². The van der Waals surface area contributed by atoms with Gasteiger partial charge in [0.15, 0.2) is 0 Å². The van der Waals surface area contributed by atoms with Crippen LogP contribution in [0.25, 0.3) is 10.9 Å². The molecule has 2 N–H and O–H groups in total. The molecule has 2 aromatic rings. The van der Waals surface area contributed by atoms with Crippen molar-refractivity contribution in [3.05, 3.63) is 24.4 Å². The number of nitrogens with zero attached hydrogens (tertiary/aromatic N) is 2. The summed E-state index contributed by atoms with van der Waals surface area (Å²) in [5, 5.41) is 11.6. The van der Waals surface area contributed by atoms with Crippen LogP contribution in [0.3, 0.4) is 0 Å². The highest BCUT2D eigenvalue weighted by atomic mass is 35.5. The van der Waals surface area contributed by atoms with E-state index in [0.29, 0.717) is 0 Å². The van der Waals surface area contributed by atoms with Gasteiger partial charge in [-0.25, -0.2) is 0 Å². The summed E-state index contributed by atoms with van der Waals surface area (Å²) >= 11 is 0. The summed E-state index contributed by atoms with van der Waals surface area (Å²) in [6.45, 7) is 3.81. The van der Waals surface area contributed by atoms with Crippen molar-refractivity contribution in [1.29, 1.82) is 0 Å². The lowest BCUT2D eigenvalue weighted by molar-refractivity contribution is -0.117. The number of nitrogens with one attached hydrogen (secondary N) is 2. The van der Waals surface area contributed by atoms with Crippen LogP contribution in [0.15, 0.2) is 24.4 Å². The maximum absolute atomic E-state index is 12.0. The number of rotatable bonds is 3. The molecule has 1 atom stereocenters. The molecule has 1 aliphatic heterocycles. The summed E-state index contributed by atoms with van der Waals surface area (Å²) in [7, 11) is 0. The van der Waals surface area contributed by atoms with E-state index < -0.39 is 0 Å². The van der Waals surface area contributed by atoms with Gasteiger partial charge in [-0.1, -0.05) is 0 Å². The molecule has 3 rings (SSSR count). The highest BCUT2D eigenvalue weighted by molar-refractivity contribution is 5.96. The quantitative estimate of drug-likeness (QED) is 0.912. The Morgan fingerprint density at radius 1 is 1.55 bits per heavy atom. The van der Waals surface area contributed by atoms with E-state index in [4.69, 9.17) is 0 Å². The van der Waals surface area contributed by atoms with Crippen molar-refractivity contribution in [1.82, 2.24) is 15.1 Å². The lowest BCUT2D eigenvalue weighted by atomic mass is 10.2. The molecule has 0 aliphatic carbocycles. The zero-order valence-electron chi connectivity index (χ0n) is 11.4. The Morgan fingerprint density at radius 2 is 2.40 bits per heavy atom. The molecule has 108 valence electrons. The number of carbonyl (C=O) groups is 1. The number of halogens is 1. The van der Waals surface area contributed by atoms with Gasteiger partial charge in [0.25, 0.3) is 0 Å². The smallest absolute Gasteiger partial charge is 0.241 e. The minimum absolute atomic E-state index is 0. The highest BCUT2D eigenvalue weighted by Gasteiger charge is 2.21. The Balaban J connectivity index is 0.00000147. The molecule has 1 amide bonds. The normalized spacial score (nSPS) is 17.9. The fourth-order valence-electron chi connectivity index (χ4n) is 2.54. The predicted molar refractivity (Wildman–Crippen MR) is 82.3 cm³/mol. The van der Waals surface area contributed by atoms with Gasteiger partial charge in [-0.2, -0.15) is 5.10 Å². The number of aryl methyl sites for hydroxylation is 1. The van der Waals surface area contributed by atoms with Crippen LogP contribution in [0.2, 0.25) is 0 Å². The van der Waals surface area contributed by atoms with E-state index in [1.54, 1.807) is 0 Å². The molecule has 0 bridgehead atoms. The Labute approximate surface area is 124 Å². The minimum atomic E-state index is -0.0493. The summed E-state index contributed by atoms with van der Waals surface area (Å²) in [4.78, 5) is 12.0. The van der Waals surface area contributed by atoms with Gasteiger partial charge in [-0.3, -0.25) is 9.48 Å². The van der Waals surface area contributed by atoms with Crippen LogP contribution in [-0.4, -0.2) is 28.3 Å². The fourth-order valence-corrected chi connectivity index (χ4v) is 2.54. The number of benzene rings is 1. The second-order valence-corrected chi connectivity index (χ2v) is 4.87. The summed E-state index contributed by atoms with van der Waals surface area (Å²) < 4.78 is 1.93. The number of carbonyl (C=O) groups excluding carboxylic acids is 1. The van der Waals surface area contributed by atoms with Crippen molar-refractivity contribution in [2.45, 2.75) is 32.4 Å². The Kier molecular flexibility index (Phi) is 4.62. The van der Waals surface area contributed by atoms with Gasteiger partial charge in [0, 0.05) is 17.6 Å². The van der Waals surface area contributed by atoms with E-state index in [9.17, 15) is 4.79 Å². The third kappa shape index (κ3) is 2.78. The molecular weight excluding hydrogens is 276 g/mol. The molecule has 2 heterocycles. The van der Waals surface area contributed by atoms with Crippen LogP contribution in [-0.2, 0) is 11.3 Å². The molecule has 1 aromatic heterocycles. The second-order valence-electron chi connectivity index (χ2n) is 4.87. The van der Waals surface area contributed by atoms with Crippen molar-refractivity contribution < 1.29 is 4.79 Å². The first kappa shape index (κ1) is 14.8. The molecule has 6 heteroatoms. The number of hydrogen-bond acceptors (Lipinski definition) is 3. The molecular formula is C14H19ClN4O. The summed E-state index contributed by atoms with van der Waals surface area (Å²) in [5.41, 5.74) is 1.89. The largest absolute Gasteiger partial charge is 0.325 e. The van der Waals surface area contributed by atoms with Crippen LogP contribution in [0.1, 0.15) is 19.8 Å². The Bertz CT molecular complexity index is 604. The average Bonchev–Trinajstić information content (AvgIpc) is 3.07. The SMILES string of the molecule is CCn1ncc2ccc(NC(=O)C3CCCN3)cc21.Cl. The van der Waals surface area contributed by atoms with E-state index in [1.165, 1.54) is 0 Å². The number of anilines is 1. The lowest BCUT2D eigenvalue weighted by Gasteiger charge is -2.11. The number of amides is 1. The molecule has 1 aliphatic rings. The van der Waals surface area contributed by atoms with Crippen LogP contribution >= 0.6 is 12.4 Å². The van der Waals surface area contributed by atoms with Crippen LogP contribution in [0.5, 0.6) is 0 Å². The lowest BCUT2D eigenvalue weighted by Crippen LogP contribution is -2.35. The zero-order chi connectivity index (χ0) is 13.2. The monoisotopic (exact) mass is 294 g/mol. The Morgan fingerprint density at radius 3 is 3.10 bits per heavy atom. The van der Waals surface area contributed by atoms with Gasteiger partial charge in [0.05, 0.1) is 17.8 Å². The first-order chi connectivity index (χ1) is 9.28. The van der Waals surface area contributed by atoms with Crippen LogP contribution in [0, 0.1) is 0 Å². The number of fused-ring (bicyclic) bond motifs is 1. The van der Waals surface area contributed by atoms with Gasteiger partial charge in [-0.05, 0) is 44.5 Å². The molecule has 0 spiro atoms. The molecule has 1 aromatic carbocycles. The third-order valence-corrected chi connectivity index (χ3v) is 3.59. The van der Waals surface area contributed by atoms with Crippen LogP contribution < -0.4 is 10.6 Å². The van der Waals surface area contributed by atoms with Gasteiger partial charge < -0.3 is 10.6 Å². The number of aromatic nitrogens is 2. The van der Waals surface area contributed by atoms with Crippen molar-refractivity contribution in [3.8, 4) is 0 Å². The number of hydrogen-bond donors (Lipinski definition) is 2. The highest BCUT2D eigenvalue weighted by Crippen LogP contribution is 2.19. The molecule has 5 nitrogen and oxygen atoms in total. The second kappa shape index (κ2) is 6.24. The molecule has 1 unspecified atom stereocenters.